The Morgan fingerprint density at radius 1 is 1.22 bits per heavy atom. The molecule has 6 nitrogen and oxygen atoms in total. The molecular weight excluding hydrogens is 524 g/mol. The van der Waals surface area contributed by atoms with Crippen molar-refractivity contribution in [3.05, 3.63) is 66.0 Å². The second-order valence-electron chi connectivity index (χ2n) is 7.71. The van der Waals surface area contributed by atoms with Crippen molar-refractivity contribution in [2.45, 2.75) is 26.1 Å². The number of likely N-dealkylation sites (tertiary alicyclic amines) is 1. The summed E-state index contributed by atoms with van der Waals surface area (Å²) in [5.74, 6) is 1.46. The Labute approximate surface area is 206 Å². The molecule has 2 aromatic rings. The number of hydrogen-bond acceptors (Lipinski definition) is 4. The maximum Gasteiger partial charge on any atom is 0.194 e. The number of benzene rings is 2. The average molecular weight is 557 g/mol. The molecule has 1 aliphatic rings. The van der Waals surface area contributed by atoms with Crippen LogP contribution in [0.1, 0.15) is 18.9 Å². The monoisotopic (exact) mass is 557 g/mol. The lowest BCUT2D eigenvalue weighted by Gasteiger charge is -2.22. The van der Waals surface area contributed by atoms with Gasteiger partial charge in [0.05, 0.1) is 19.8 Å². The third-order valence-corrected chi connectivity index (χ3v) is 5.09. The Kier molecular flexibility index (Phi) is 11.8. The molecule has 0 spiro atoms. The Bertz CT molecular complexity index is 808. The van der Waals surface area contributed by atoms with Gasteiger partial charge in [0, 0.05) is 25.6 Å². The van der Waals surface area contributed by atoms with Gasteiger partial charge >= 0.3 is 0 Å². The van der Waals surface area contributed by atoms with E-state index in [4.69, 9.17) is 9.47 Å². The van der Waals surface area contributed by atoms with Gasteiger partial charge in [0.1, 0.15) is 24.3 Å². The van der Waals surface area contributed by atoms with Gasteiger partial charge in [-0.2, -0.15) is 0 Å². The second kappa shape index (κ2) is 14.3. The number of aliphatic imine (C=N–C) groups is 1. The average Bonchev–Trinajstić information content (AvgIpc) is 3.25. The van der Waals surface area contributed by atoms with Crippen molar-refractivity contribution in [2.75, 3.05) is 39.4 Å². The van der Waals surface area contributed by atoms with Gasteiger partial charge in [-0.25, -0.2) is 4.39 Å². The molecule has 176 valence electrons. The molecule has 1 fully saturated rings. The van der Waals surface area contributed by atoms with Crippen molar-refractivity contribution in [1.82, 2.24) is 10.2 Å². The van der Waals surface area contributed by atoms with Crippen molar-refractivity contribution in [2.24, 2.45) is 10.9 Å². The first-order valence-electron chi connectivity index (χ1n) is 10.9. The standard InChI is InChI=1S/C24H32FN3O3.HI/c1-2-26-24(27-14-22(29)18-31-23-10-8-21(25)9-11-23)28-13-12-20(15-28)17-30-16-19-6-4-3-5-7-19;/h3-11,20,22,29H,2,12-18H2,1H3,(H,26,27);1H. The highest BCUT2D eigenvalue weighted by molar-refractivity contribution is 14.0. The van der Waals surface area contributed by atoms with Crippen LogP contribution < -0.4 is 10.1 Å². The summed E-state index contributed by atoms with van der Waals surface area (Å²) in [7, 11) is 0. The van der Waals surface area contributed by atoms with Crippen molar-refractivity contribution >= 4 is 29.9 Å². The highest BCUT2D eigenvalue weighted by Gasteiger charge is 2.25. The van der Waals surface area contributed by atoms with Gasteiger partial charge in [-0.3, -0.25) is 4.99 Å². The predicted octanol–water partition coefficient (Wildman–Crippen LogP) is 3.69. The van der Waals surface area contributed by atoms with Crippen molar-refractivity contribution in [3.8, 4) is 5.75 Å². The fourth-order valence-electron chi connectivity index (χ4n) is 3.47. The third kappa shape index (κ3) is 8.91. The van der Waals surface area contributed by atoms with Gasteiger partial charge in [0.2, 0.25) is 0 Å². The number of rotatable bonds is 10. The zero-order valence-corrected chi connectivity index (χ0v) is 20.8. The van der Waals surface area contributed by atoms with Crippen LogP contribution in [0.25, 0.3) is 0 Å². The fourth-order valence-corrected chi connectivity index (χ4v) is 3.47. The molecule has 2 atom stereocenters. The van der Waals surface area contributed by atoms with E-state index in [1.54, 1.807) is 12.1 Å². The molecule has 1 saturated heterocycles. The minimum Gasteiger partial charge on any atom is -0.491 e. The molecule has 2 unspecified atom stereocenters. The predicted molar refractivity (Wildman–Crippen MR) is 135 cm³/mol. The molecule has 0 aliphatic carbocycles. The summed E-state index contributed by atoms with van der Waals surface area (Å²) in [5.41, 5.74) is 1.18. The van der Waals surface area contributed by atoms with Crippen LogP contribution in [-0.2, 0) is 11.3 Å². The van der Waals surface area contributed by atoms with Gasteiger partial charge in [-0.1, -0.05) is 30.3 Å². The summed E-state index contributed by atoms with van der Waals surface area (Å²) in [6, 6.07) is 15.9. The molecule has 1 aliphatic heterocycles. The molecule has 0 bridgehead atoms. The molecule has 8 heteroatoms. The van der Waals surface area contributed by atoms with Crippen LogP contribution in [0.3, 0.4) is 0 Å². The number of nitrogens with one attached hydrogen (secondary N) is 1. The summed E-state index contributed by atoms with van der Waals surface area (Å²) >= 11 is 0. The normalized spacial score (nSPS) is 17.0. The van der Waals surface area contributed by atoms with Crippen LogP contribution in [0.2, 0.25) is 0 Å². The van der Waals surface area contributed by atoms with E-state index in [2.05, 4.69) is 27.3 Å². The Balaban J connectivity index is 0.00000363. The van der Waals surface area contributed by atoms with Gasteiger partial charge in [-0.05, 0) is 43.2 Å². The van der Waals surface area contributed by atoms with Gasteiger partial charge in [0.25, 0.3) is 0 Å². The third-order valence-electron chi connectivity index (χ3n) is 5.09. The van der Waals surface area contributed by atoms with Crippen LogP contribution in [0.4, 0.5) is 4.39 Å². The van der Waals surface area contributed by atoms with E-state index in [-0.39, 0.29) is 42.9 Å². The molecule has 2 aromatic carbocycles. The van der Waals surface area contributed by atoms with Crippen molar-refractivity contribution < 1.29 is 19.0 Å². The summed E-state index contributed by atoms with van der Waals surface area (Å²) in [4.78, 5) is 6.80. The number of nitrogens with zero attached hydrogens (tertiary/aromatic N) is 2. The van der Waals surface area contributed by atoms with E-state index in [0.717, 1.165) is 38.6 Å². The van der Waals surface area contributed by atoms with Gasteiger partial charge in [0.15, 0.2) is 5.96 Å². The number of aliphatic hydroxyl groups is 1. The number of aliphatic hydroxyl groups excluding tert-OH is 1. The Hall–Kier alpha value is -1.91. The lowest BCUT2D eigenvalue weighted by molar-refractivity contribution is 0.0906. The minimum atomic E-state index is -0.744. The smallest absolute Gasteiger partial charge is 0.194 e. The zero-order valence-electron chi connectivity index (χ0n) is 18.5. The number of halogens is 2. The Morgan fingerprint density at radius 2 is 1.97 bits per heavy atom. The lowest BCUT2D eigenvalue weighted by atomic mass is 10.1. The SMILES string of the molecule is CCNC(=NCC(O)COc1ccc(F)cc1)N1CCC(COCc2ccccc2)C1.I. The highest BCUT2D eigenvalue weighted by Crippen LogP contribution is 2.17. The maximum atomic E-state index is 12.9. The first-order valence-corrected chi connectivity index (χ1v) is 10.9. The summed E-state index contributed by atoms with van der Waals surface area (Å²) in [6.45, 7) is 6.26. The molecule has 0 saturated carbocycles. The highest BCUT2D eigenvalue weighted by atomic mass is 127. The van der Waals surface area contributed by atoms with E-state index in [1.807, 2.05) is 25.1 Å². The number of guanidine groups is 1. The van der Waals surface area contributed by atoms with E-state index in [1.165, 1.54) is 17.7 Å². The summed E-state index contributed by atoms with van der Waals surface area (Å²) < 4.78 is 24.4. The molecule has 0 amide bonds. The first-order chi connectivity index (χ1) is 15.1. The van der Waals surface area contributed by atoms with Crippen molar-refractivity contribution in [3.63, 3.8) is 0 Å². The van der Waals surface area contributed by atoms with Crippen LogP contribution in [0.15, 0.2) is 59.6 Å². The first kappa shape index (κ1) is 26.3. The molecule has 32 heavy (non-hydrogen) atoms. The quantitative estimate of drug-likeness (QED) is 0.265. The molecule has 0 aromatic heterocycles. The maximum absolute atomic E-state index is 12.9. The fraction of sp³-hybridized carbons (Fsp3) is 0.458. The van der Waals surface area contributed by atoms with Crippen LogP contribution >= 0.6 is 24.0 Å². The molecular formula is C24H33FIN3O3. The molecule has 2 N–H and O–H groups in total. The van der Waals surface area contributed by atoms with E-state index < -0.39 is 6.10 Å². The molecule has 0 radical (unpaired) electrons. The van der Waals surface area contributed by atoms with Crippen LogP contribution in [-0.4, -0.2) is 61.5 Å². The van der Waals surface area contributed by atoms with Crippen molar-refractivity contribution in [1.29, 1.82) is 0 Å². The topological polar surface area (TPSA) is 66.3 Å². The number of hydrogen-bond donors (Lipinski definition) is 2. The van der Waals surface area contributed by atoms with Gasteiger partial charge in [-0.15, -0.1) is 24.0 Å². The summed E-state index contributed by atoms with van der Waals surface area (Å²) in [5, 5.41) is 13.5. The van der Waals surface area contributed by atoms with Gasteiger partial charge < -0.3 is 24.8 Å². The number of ether oxygens (including phenoxy) is 2. The van der Waals surface area contributed by atoms with E-state index in [9.17, 15) is 9.50 Å². The van der Waals surface area contributed by atoms with Crippen LogP contribution in [0.5, 0.6) is 5.75 Å². The lowest BCUT2D eigenvalue weighted by Crippen LogP contribution is -2.41. The largest absolute Gasteiger partial charge is 0.491 e. The molecule has 1 heterocycles. The Morgan fingerprint density at radius 3 is 2.69 bits per heavy atom. The zero-order chi connectivity index (χ0) is 21.9. The van der Waals surface area contributed by atoms with Crippen LogP contribution in [0, 0.1) is 11.7 Å². The van der Waals surface area contributed by atoms with E-state index in [0.29, 0.717) is 18.3 Å². The second-order valence-corrected chi connectivity index (χ2v) is 7.71. The van der Waals surface area contributed by atoms with E-state index >= 15 is 0 Å². The minimum absolute atomic E-state index is 0. The molecule has 3 rings (SSSR count). The summed E-state index contributed by atoms with van der Waals surface area (Å²) in [6.07, 6.45) is 0.307.